The molecule has 106 valence electrons. The maximum Gasteiger partial charge on any atom is 0.228 e. The third-order valence-electron chi connectivity index (χ3n) is 3.40. The standard InChI is InChI=1S/C13H17N5OS/c1-10-9-17(12-14-4-3-11(16-12)19-2)6-7-18(10)13-15-5-8-20-13/h3-5,8,10H,6-7,9H2,1-2H3/t10-/m1/s1. The zero-order valence-electron chi connectivity index (χ0n) is 11.6. The number of nitrogens with zero attached hydrogens (tertiary/aromatic N) is 5. The molecule has 1 saturated heterocycles. The smallest absolute Gasteiger partial charge is 0.228 e. The summed E-state index contributed by atoms with van der Waals surface area (Å²) in [6.07, 6.45) is 3.59. The topological polar surface area (TPSA) is 54.4 Å². The van der Waals surface area contributed by atoms with Gasteiger partial charge in [0.2, 0.25) is 11.8 Å². The lowest BCUT2D eigenvalue weighted by Gasteiger charge is -2.39. The van der Waals surface area contributed by atoms with Crippen LogP contribution in [0.1, 0.15) is 6.92 Å². The second-order valence-electron chi connectivity index (χ2n) is 4.70. The fourth-order valence-electron chi connectivity index (χ4n) is 2.38. The number of hydrogen-bond donors (Lipinski definition) is 0. The van der Waals surface area contributed by atoms with E-state index >= 15 is 0 Å². The van der Waals surface area contributed by atoms with Crippen molar-refractivity contribution in [1.29, 1.82) is 0 Å². The third kappa shape index (κ3) is 2.53. The van der Waals surface area contributed by atoms with E-state index < -0.39 is 0 Å². The number of anilines is 2. The summed E-state index contributed by atoms with van der Waals surface area (Å²) < 4.78 is 5.16. The molecule has 6 nitrogen and oxygen atoms in total. The van der Waals surface area contributed by atoms with E-state index in [2.05, 4.69) is 31.7 Å². The zero-order valence-corrected chi connectivity index (χ0v) is 12.4. The Labute approximate surface area is 122 Å². The predicted octanol–water partition coefficient (Wildman–Crippen LogP) is 1.66. The van der Waals surface area contributed by atoms with Crippen LogP contribution in [0.25, 0.3) is 0 Å². The van der Waals surface area contributed by atoms with Gasteiger partial charge in [-0.2, -0.15) is 4.98 Å². The van der Waals surface area contributed by atoms with Crippen LogP contribution in [0.4, 0.5) is 11.1 Å². The summed E-state index contributed by atoms with van der Waals surface area (Å²) in [6, 6.07) is 2.14. The first-order chi connectivity index (χ1) is 9.78. The van der Waals surface area contributed by atoms with Crippen molar-refractivity contribution in [2.75, 3.05) is 36.5 Å². The van der Waals surface area contributed by atoms with Gasteiger partial charge in [-0.25, -0.2) is 9.97 Å². The van der Waals surface area contributed by atoms with Gasteiger partial charge in [0.05, 0.1) is 7.11 Å². The second kappa shape index (κ2) is 5.62. The van der Waals surface area contributed by atoms with E-state index in [1.165, 1.54) is 0 Å². The van der Waals surface area contributed by atoms with Gasteiger partial charge < -0.3 is 14.5 Å². The summed E-state index contributed by atoms with van der Waals surface area (Å²) in [7, 11) is 1.62. The summed E-state index contributed by atoms with van der Waals surface area (Å²) in [5, 5.41) is 3.10. The Morgan fingerprint density at radius 1 is 1.30 bits per heavy atom. The molecular weight excluding hydrogens is 274 g/mol. The number of piperazine rings is 1. The molecule has 2 aromatic rings. The van der Waals surface area contributed by atoms with E-state index in [1.807, 2.05) is 11.6 Å². The summed E-state index contributed by atoms with van der Waals surface area (Å²) in [5.41, 5.74) is 0. The van der Waals surface area contributed by atoms with Crippen LogP contribution in [-0.2, 0) is 0 Å². The minimum Gasteiger partial charge on any atom is -0.481 e. The van der Waals surface area contributed by atoms with Crippen molar-refractivity contribution in [3.63, 3.8) is 0 Å². The first-order valence-corrected chi connectivity index (χ1v) is 7.44. The molecule has 0 radical (unpaired) electrons. The summed E-state index contributed by atoms with van der Waals surface area (Å²) >= 11 is 1.68. The number of thiazole rings is 1. The fraction of sp³-hybridized carbons (Fsp3) is 0.462. The molecule has 20 heavy (non-hydrogen) atoms. The molecule has 2 aromatic heterocycles. The highest BCUT2D eigenvalue weighted by molar-refractivity contribution is 7.13. The molecule has 0 unspecified atom stereocenters. The molecule has 1 aliphatic rings. The van der Waals surface area contributed by atoms with E-state index in [4.69, 9.17) is 4.74 Å². The maximum absolute atomic E-state index is 5.16. The summed E-state index contributed by atoms with van der Waals surface area (Å²) in [6.45, 7) is 4.90. The quantitative estimate of drug-likeness (QED) is 0.857. The van der Waals surface area contributed by atoms with Crippen molar-refractivity contribution >= 4 is 22.4 Å². The van der Waals surface area contributed by atoms with Gasteiger partial charge in [0.25, 0.3) is 0 Å². The van der Waals surface area contributed by atoms with Crippen LogP contribution in [-0.4, -0.2) is 47.7 Å². The molecule has 0 saturated carbocycles. The van der Waals surface area contributed by atoms with E-state index in [0.29, 0.717) is 11.9 Å². The fourth-order valence-corrected chi connectivity index (χ4v) is 3.15. The monoisotopic (exact) mass is 291 g/mol. The summed E-state index contributed by atoms with van der Waals surface area (Å²) in [5.74, 6) is 1.33. The van der Waals surface area contributed by atoms with Gasteiger partial charge in [0.1, 0.15) is 0 Å². The molecule has 1 fully saturated rings. The lowest BCUT2D eigenvalue weighted by molar-refractivity contribution is 0.396. The van der Waals surface area contributed by atoms with Crippen molar-refractivity contribution in [3.05, 3.63) is 23.8 Å². The van der Waals surface area contributed by atoms with Crippen LogP contribution >= 0.6 is 11.3 Å². The Kier molecular flexibility index (Phi) is 3.68. The Morgan fingerprint density at radius 2 is 2.20 bits per heavy atom. The molecule has 0 aromatic carbocycles. The van der Waals surface area contributed by atoms with E-state index in [9.17, 15) is 0 Å². The Hall–Kier alpha value is -1.89. The lowest BCUT2D eigenvalue weighted by atomic mass is 10.2. The highest BCUT2D eigenvalue weighted by Crippen LogP contribution is 2.24. The minimum absolute atomic E-state index is 0.379. The summed E-state index contributed by atoms with van der Waals surface area (Å²) in [4.78, 5) is 17.7. The van der Waals surface area contributed by atoms with E-state index in [-0.39, 0.29) is 0 Å². The average Bonchev–Trinajstić information content (AvgIpc) is 3.01. The van der Waals surface area contributed by atoms with Gasteiger partial charge in [-0.05, 0) is 6.92 Å². The van der Waals surface area contributed by atoms with Gasteiger partial charge in [0, 0.05) is 49.5 Å². The molecule has 3 heterocycles. The Morgan fingerprint density at radius 3 is 2.90 bits per heavy atom. The van der Waals surface area contributed by atoms with Crippen LogP contribution in [0.15, 0.2) is 23.8 Å². The van der Waals surface area contributed by atoms with Gasteiger partial charge in [-0.15, -0.1) is 11.3 Å². The van der Waals surface area contributed by atoms with Gasteiger partial charge >= 0.3 is 0 Å². The van der Waals surface area contributed by atoms with Crippen molar-refractivity contribution < 1.29 is 4.74 Å². The Bertz CT molecular complexity index is 562. The van der Waals surface area contributed by atoms with Crippen LogP contribution in [0.2, 0.25) is 0 Å². The highest BCUT2D eigenvalue weighted by atomic mass is 32.1. The predicted molar refractivity (Wildman–Crippen MR) is 79.7 cm³/mol. The van der Waals surface area contributed by atoms with Crippen molar-refractivity contribution in [2.24, 2.45) is 0 Å². The average molecular weight is 291 g/mol. The zero-order chi connectivity index (χ0) is 13.9. The van der Waals surface area contributed by atoms with Crippen LogP contribution in [0.5, 0.6) is 5.88 Å². The van der Waals surface area contributed by atoms with E-state index in [1.54, 1.807) is 30.7 Å². The lowest BCUT2D eigenvalue weighted by Crippen LogP contribution is -2.52. The molecular formula is C13H17N5OS. The number of aromatic nitrogens is 3. The van der Waals surface area contributed by atoms with Gasteiger partial charge in [0.15, 0.2) is 5.13 Å². The second-order valence-corrected chi connectivity index (χ2v) is 5.58. The van der Waals surface area contributed by atoms with Crippen LogP contribution in [0.3, 0.4) is 0 Å². The molecule has 0 N–H and O–H groups in total. The molecule has 0 aliphatic carbocycles. The first kappa shape index (κ1) is 13.1. The Balaban J connectivity index is 1.73. The van der Waals surface area contributed by atoms with Crippen LogP contribution < -0.4 is 14.5 Å². The number of ether oxygens (including phenoxy) is 1. The molecule has 3 rings (SSSR count). The van der Waals surface area contributed by atoms with Crippen molar-refractivity contribution in [1.82, 2.24) is 15.0 Å². The highest BCUT2D eigenvalue weighted by Gasteiger charge is 2.26. The molecule has 1 atom stereocenters. The minimum atomic E-state index is 0.379. The van der Waals surface area contributed by atoms with Crippen molar-refractivity contribution in [3.8, 4) is 5.88 Å². The molecule has 0 spiro atoms. The van der Waals surface area contributed by atoms with Gasteiger partial charge in [-0.3, -0.25) is 0 Å². The van der Waals surface area contributed by atoms with Crippen LogP contribution in [0, 0.1) is 0 Å². The largest absolute Gasteiger partial charge is 0.481 e. The molecule has 7 heteroatoms. The molecule has 0 bridgehead atoms. The molecule has 0 amide bonds. The third-order valence-corrected chi connectivity index (χ3v) is 4.21. The SMILES string of the molecule is COc1ccnc(N2CCN(c3nccs3)[C@H](C)C2)n1. The van der Waals surface area contributed by atoms with E-state index in [0.717, 1.165) is 30.7 Å². The first-order valence-electron chi connectivity index (χ1n) is 6.56. The molecule has 1 aliphatic heterocycles. The normalized spacial score (nSPS) is 19.2. The maximum atomic E-state index is 5.16. The van der Waals surface area contributed by atoms with Crippen molar-refractivity contribution in [2.45, 2.75) is 13.0 Å². The number of methoxy groups -OCH3 is 1. The number of rotatable bonds is 3. The number of hydrogen-bond acceptors (Lipinski definition) is 7. The van der Waals surface area contributed by atoms with Gasteiger partial charge in [-0.1, -0.05) is 0 Å².